The number of anilines is 1. The number of halogens is 1. The zero-order chi connectivity index (χ0) is 13.4. The van der Waals surface area contributed by atoms with Crippen LogP contribution in [0.1, 0.15) is 33.1 Å². The predicted molar refractivity (Wildman–Crippen MR) is 79.8 cm³/mol. The Morgan fingerprint density at radius 3 is 2.39 bits per heavy atom. The summed E-state index contributed by atoms with van der Waals surface area (Å²) in [4.78, 5) is 11.7. The molecule has 3 nitrogen and oxygen atoms in total. The van der Waals surface area contributed by atoms with Crippen molar-refractivity contribution in [1.29, 1.82) is 0 Å². The summed E-state index contributed by atoms with van der Waals surface area (Å²) < 4.78 is 1.01. The second-order valence-corrected chi connectivity index (χ2v) is 5.19. The van der Waals surface area contributed by atoms with Crippen LogP contribution in [0.25, 0.3) is 0 Å². The summed E-state index contributed by atoms with van der Waals surface area (Å²) in [7, 11) is 0. The molecular formula is C14H21BrN2O. The maximum atomic E-state index is 11.7. The van der Waals surface area contributed by atoms with E-state index < -0.39 is 0 Å². The third-order valence-corrected chi connectivity index (χ3v) is 3.43. The van der Waals surface area contributed by atoms with E-state index in [-0.39, 0.29) is 5.91 Å². The first kappa shape index (κ1) is 15.2. The van der Waals surface area contributed by atoms with Gasteiger partial charge in [0.15, 0.2) is 0 Å². The van der Waals surface area contributed by atoms with Gasteiger partial charge in [-0.3, -0.25) is 4.79 Å². The van der Waals surface area contributed by atoms with Gasteiger partial charge in [0.05, 0.1) is 0 Å². The van der Waals surface area contributed by atoms with Gasteiger partial charge < -0.3 is 10.6 Å². The number of carbonyl (C=O) groups excluding carboxylic acids is 1. The second-order valence-electron chi connectivity index (χ2n) is 4.27. The first-order valence-electron chi connectivity index (χ1n) is 6.44. The first-order valence-corrected chi connectivity index (χ1v) is 7.23. The number of hydrogen-bond acceptors (Lipinski definition) is 2. The minimum absolute atomic E-state index is 0.0516. The lowest BCUT2D eigenvalue weighted by molar-refractivity contribution is -0.116. The molecule has 18 heavy (non-hydrogen) atoms. The van der Waals surface area contributed by atoms with E-state index in [1.54, 1.807) is 0 Å². The van der Waals surface area contributed by atoms with Crippen LogP contribution in [0.5, 0.6) is 0 Å². The Kier molecular flexibility index (Phi) is 6.98. The minimum atomic E-state index is 0.0516. The maximum Gasteiger partial charge on any atom is 0.225 e. The number of carbonyl (C=O) groups is 1. The molecule has 0 fully saturated rings. The SMILES string of the molecule is CCC(CC)NCCC(=O)Nc1ccc(Br)cc1. The highest BCUT2D eigenvalue weighted by molar-refractivity contribution is 9.10. The Morgan fingerprint density at radius 2 is 1.83 bits per heavy atom. The minimum Gasteiger partial charge on any atom is -0.326 e. The van der Waals surface area contributed by atoms with Crippen LogP contribution in [0.15, 0.2) is 28.7 Å². The topological polar surface area (TPSA) is 41.1 Å². The molecule has 0 saturated heterocycles. The van der Waals surface area contributed by atoms with Crippen LogP contribution in [0.3, 0.4) is 0 Å². The first-order chi connectivity index (χ1) is 8.65. The molecule has 0 unspecified atom stereocenters. The molecule has 1 aromatic rings. The molecule has 2 N–H and O–H groups in total. The molecule has 1 aromatic carbocycles. The molecule has 0 saturated carbocycles. The van der Waals surface area contributed by atoms with Crippen LogP contribution >= 0.6 is 15.9 Å². The van der Waals surface area contributed by atoms with E-state index in [1.165, 1.54) is 0 Å². The highest BCUT2D eigenvalue weighted by Gasteiger charge is 2.05. The molecule has 1 amide bonds. The fraction of sp³-hybridized carbons (Fsp3) is 0.500. The number of rotatable bonds is 7. The summed E-state index contributed by atoms with van der Waals surface area (Å²) in [6, 6.07) is 8.12. The standard InChI is InChI=1S/C14H21BrN2O/c1-3-12(4-2)16-10-9-14(18)17-13-7-5-11(15)6-8-13/h5-8,12,16H,3-4,9-10H2,1-2H3,(H,17,18). The molecule has 100 valence electrons. The molecule has 4 heteroatoms. The van der Waals surface area contributed by atoms with Gasteiger partial charge in [-0.2, -0.15) is 0 Å². The van der Waals surface area contributed by atoms with Crippen molar-refractivity contribution in [2.75, 3.05) is 11.9 Å². The number of amides is 1. The summed E-state index contributed by atoms with van der Waals surface area (Å²) in [5.74, 6) is 0.0516. The van der Waals surface area contributed by atoms with Crippen LogP contribution in [0.4, 0.5) is 5.69 Å². The van der Waals surface area contributed by atoms with Gasteiger partial charge in [0.25, 0.3) is 0 Å². The van der Waals surface area contributed by atoms with Crippen LogP contribution in [-0.4, -0.2) is 18.5 Å². The molecule has 0 radical (unpaired) electrons. The van der Waals surface area contributed by atoms with Crippen molar-refractivity contribution in [3.8, 4) is 0 Å². The molecule has 1 rings (SSSR count). The smallest absolute Gasteiger partial charge is 0.225 e. The van der Waals surface area contributed by atoms with Gasteiger partial charge in [-0.05, 0) is 37.1 Å². The molecule has 0 aromatic heterocycles. The van der Waals surface area contributed by atoms with Crippen molar-refractivity contribution in [2.45, 2.75) is 39.2 Å². The van der Waals surface area contributed by atoms with Crippen molar-refractivity contribution >= 4 is 27.5 Å². The van der Waals surface area contributed by atoms with E-state index in [0.29, 0.717) is 12.5 Å². The van der Waals surface area contributed by atoms with Gasteiger partial charge in [0.2, 0.25) is 5.91 Å². The molecular weight excluding hydrogens is 292 g/mol. The average Bonchev–Trinajstić information content (AvgIpc) is 2.37. The summed E-state index contributed by atoms with van der Waals surface area (Å²) in [5, 5.41) is 6.26. The fourth-order valence-corrected chi connectivity index (χ4v) is 1.99. The number of benzene rings is 1. The van der Waals surface area contributed by atoms with E-state index >= 15 is 0 Å². The summed E-state index contributed by atoms with van der Waals surface area (Å²) in [6.45, 7) is 5.04. The monoisotopic (exact) mass is 312 g/mol. The second kappa shape index (κ2) is 8.27. The molecule has 0 aliphatic carbocycles. The maximum absolute atomic E-state index is 11.7. The lowest BCUT2D eigenvalue weighted by Crippen LogP contribution is -2.30. The van der Waals surface area contributed by atoms with Gasteiger partial charge in [-0.15, -0.1) is 0 Å². The van der Waals surface area contributed by atoms with E-state index in [1.807, 2.05) is 24.3 Å². The van der Waals surface area contributed by atoms with Crippen molar-refractivity contribution in [3.63, 3.8) is 0 Å². The van der Waals surface area contributed by atoms with Crippen LogP contribution in [0.2, 0.25) is 0 Å². The average molecular weight is 313 g/mol. The Hall–Kier alpha value is -0.870. The lowest BCUT2D eigenvalue weighted by atomic mass is 10.2. The van der Waals surface area contributed by atoms with Crippen LogP contribution < -0.4 is 10.6 Å². The summed E-state index contributed by atoms with van der Waals surface area (Å²) in [5.41, 5.74) is 0.839. The highest BCUT2D eigenvalue weighted by atomic mass is 79.9. The summed E-state index contributed by atoms with van der Waals surface area (Å²) in [6.07, 6.45) is 2.71. The van der Waals surface area contributed by atoms with Gasteiger partial charge >= 0.3 is 0 Å². The zero-order valence-corrected chi connectivity index (χ0v) is 12.6. The predicted octanol–water partition coefficient (Wildman–Crippen LogP) is 3.56. The molecule has 0 aliphatic rings. The van der Waals surface area contributed by atoms with E-state index in [0.717, 1.165) is 29.5 Å². The molecule has 0 spiro atoms. The number of nitrogens with one attached hydrogen (secondary N) is 2. The van der Waals surface area contributed by atoms with Crippen LogP contribution in [0, 0.1) is 0 Å². The van der Waals surface area contributed by atoms with Crippen molar-refractivity contribution < 1.29 is 4.79 Å². The normalized spacial score (nSPS) is 10.7. The molecule has 0 atom stereocenters. The fourth-order valence-electron chi connectivity index (χ4n) is 1.72. The molecule has 0 heterocycles. The van der Waals surface area contributed by atoms with E-state index in [4.69, 9.17) is 0 Å². The zero-order valence-electron chi connectivity index (χ0n) is 11.0. The van der Waals surface area contributed by atoms with Crippen molar-refractivity contribution in [2.24, 2.45) is 0 Å². The summed E-state index contributed by atoms with van der Waals surface area (Å²) >= 11 is 3.36. The van der Waals surface area contributed by atoms with E-state index in [9.17, 15) is 4.79 Å². The van der Waals surface area contributed by atoms with Gasteiger partial charge in [-0.25, -0.2) is 0 Å². The largest absolute Gasteiger partial charge is 0.326 e. The van der Waals surface area contributed by atoms with Gasteiger partial charge in [0.1, 0.15) is 0 Å². The highest BCUT2D eigenvalue weighted by Crippen LogP contribution is 2.14. The Labute approximate surface area is 117 Å². The Morgan fingerprint density at radius 1 is 1.22 bits per heavy atom. The van der Waals surface area contributed by atoms with Crippen molar-refractivity contribution in [3.05, 3.63) is 28.7 Å². The van der Waals surface area contributed by atoms with Crippen molar-refractivity contribution in [1.82, 2.24) is 5.32 Å². The van der Waals surface area contributed by atoms with Gasteiger partial charge in [0, 0.05) is 29.2 Å². The molecule has 0 bridgehead atoms. The van der Waals surface area contributed by atoms with Crippen LogP contribution in [-0.2, 0) is 4.79 Å². The lowest BCUT2D eigenvalue weighted by Gasteiger charge is -2.14. The third-order valence-electron chi connectivity index (χ3n) is 2.90. The Balaban J connectivity index is 2.27. The quantitative estimate of drug-likeness (QED) is 0.808. The molecule has 0 aliphatic heterocycles. The van der Waals surface area contributed by atoms with Gasteiger partial charge in [-0.1, -0.05) is 29.8 Å². The van der Waals surface area contributed by atoms with E-state index in [2.05, 4.69) is 40.4 Å². The number of hydrogen-bond donors (Lipinski definition) is 2. The third kappa shape index (κ3) is 5.65. The Bertz CT molecular complexity index is 361.